The van der Waals surface area contributed by atoms with Crippen LogP contribution in [-0.2, 0) is 10.2 Å². The fourth-order valence-electron chi connectivity index (χ4n) is 1.46. The van der Waals surface area contributed by atoms with E-state index in [0.29, 0.717) is 0 Å². The largest absolute Gasteiger partial charge is 0.399 e. The Morgan fingerprint density at radius 3 is 2.33 bits per heavy atom. The van der Waals surface area contributed by atoms with Crippen LogP contribution in [0.1, 0.15) is 13.9 Å². The van der Waals surface area contributed by atoms with E-state index in [-0.39, 0.29) is 6.84 Å². The molecule has 2 N–H and O–H groups in total. The molecule has 1 aliphatic rings. The molecule has 0 atom stereocenters. The Balaban J connectivity index is 0.000000845. The lowest BCUT2D eigenvalue weighted by molar-refractivity contribution is -0.0499. The normalized spacial score (nSPS) is 20.1. The van der Waals surface area contributed by atoms with Crippen molar-refractivity contribution in [2.45, 2.75) is 12.3 Å². The molecule has 2 rings (SSSR count). The van der Waals surface area contributed by atoms with Crippen LogP contribution < -0.4 is 5.73 Å². The van der Waals surface area contributed by atoms with Gasteiger partial charge in [-0.1, -0.05) is 19.1 Å². The number of anilines is 1. The van der Waals surface area contributed by atoms with E-state index in [1.807, 2.05) is 12.1 Å². The van der Waals surface area contributed by atoms with E-state index in [9.17, 15) is 0 Å². The lowest BCUT2D eigenvalue weighted by Crippen LogP contribution is -2.43. The van der Waals surface area contributed by atoms with Crippen molar-refractivity contribution in [3.63, 3.8) is 0 Å². The molecule has 0 spiro atoms. The third-order valence-corrected chi connectivity index (χ3v) is 2.45. The summed E-state index contributed by atoms with van der Waals surface area (Å²) in [5.41, 5.74) is 7.97. The van der Waals surface area contributed by atoms with Crippen LogP contribution in [0.25, 0.3) is 0 Å². The summed E-state index contributed by atoms with van der Waals surface area (Å²) in [5, 5.41) is 0. The summed E-state index contributed by atoms with van der Waals surface area (Å²) in [5.74, 6) is 0. The second-order valence-electron chi connectivity index (χ2n) is 3.68. The Hall–Kier alpha value is -1.02. The average Bonchev–Trinajstić information content (AvgIpc) is 2.02. The summed E-state index contributed by atoms with van der Waals surface area (Å²) in [4.78, 5) is 0. The fraction of sp³-hybridized carbons (Fsp3) is 0.400. The SMILES string of the molecule is CC1(c2ccc(N)cc2)COC1.[HH]. The van der Waals surface area contributed by atoms with Crippen molar-refractivity contribution in [1.29, 1.82) is 0 Å². The van der Waals surface area contributed by atoms with Crippen LogP contribution in [0, 0.1) is 0 Å². The second-order valence-corrected chi connectivity index (χ2v) is 3.68. The van der Waals surface area contributed by atoms with E-state index < -0.39 is 0 Å². The summed E-state index contributed by atoms with van der Waals surface area (Å²) in [7, 11) is 0. The highest BCUT2D eigenvalue weighted by molar-refractivity contribution is 5.41. The van der Waals surface area contributed by atoms with Gasteiger partial charge in [0.2, 0.25) is 0 Å². The third-order valence-electron chi connectivity index (χ3n) is 2.45. The van der Waals surface area contributed by atoms with Gasteiger partial charge < -0.3 is 10.5 Å². The van der Waals surface area contributed by atoms with E-state index in [2.05, 4.69) is 19.1 Å². The molecule has 0 amide bonds. The maximum absolute atomic E-state index is 5.60. The minimum absolute atomic E-state index is 0. The number of benzene rings is 1. The quantitative estimate of drug-likeness (QED) is 0.644. The fourth-order valence-corrected chi connectivity index (χ4v) is 1.46. The lowest BCUT2D eigenvalue weighted by Gasteiger charge is -2.38. The zero-order valence-corrected chi connectivity index (χ0v) is 7.21. The molecule has 12 heavy (non-hydrogen) atoms. The summed E-state index contributed by atoms with van der Waals surface area (Å²) < 4.78 is 5.19. The number of rotatable bonds is 1. The van der Waals surface area contributed by atoms with Crippen molar-refractivity contribution in [1.82, 2.24) is 0 Å². The number of hydrogen-bond donors (Lipinski definition) is 1. The zero-order chi connectivity index (χ0) is 8.60. The minimum atomic E-state index is 0. The maximum Gasteiger partial charge on any atom is 0.0582 e. The van der Waals surface area contributed by atoms with Crippen LogP contribution in [-0.4, -0.2) is 13.2 Å². The van der Waals surface area contributed by atoms with Crippen molar-refractivity contribution in [3.8, 4) is 0 Å². The first-order chi connectivity index (χ1) is 5.71. The first-order valence-corrected chi connectivity index (χ1v) is 4.14. The molecule has 1 aliphatic heterocycles. The molecular formula is C10H15NO. The average molecular weight is 165 g/mol. The molecule has 0 saturated carbocycles. The zero-order valence-electron chi connectivity index (χ0n) is 7.21. The van der Waals surface area contributed by atoms with E-state index >= 15 is 0 Å². The molecule has 1 saturated heterocycles. The van der Waals surface area contributed by atoms with Gasteiger partial charge in [-0.25, -0.2) is 0 Å². The molecule has 1 aromatic rings. The van der Waals surface area contributed by atoms with Crippen LogP contribution in [0.4, 0.5) is 5.69 Å². The molecule has 0 unspecified atom stereocenters. The predicted octanol–water partition coefficient (Wildman–Crippen LogP) is 1.80. The number of nitrogen functional groups attached to an aromatic ring is 1. The lowest BCUT2D eigenvalue weighted by atomic mass is 9.81. The Morgan fingerprint density at radius 1 is 1.33 bits per heavy atom. The van der Waals surface area contributed by atoms with Crippen LogP contribution >= 0.6 is 0 Å². The second kappa shape index (κ2) is 2.49. The molecule has 0 aromatic heterocycles. The van der Waals surface area contributed by atoms with Gasteiger partial charge in [0.1, 0.15) is 0 Å². The standard InChI is InChI=1S/C10H13NO.H2/c1-10(6-12-7-10)8-2-4-9(11)5-3-8;/h2-5H,6-7,11H2,1H3;1H. The monoisotopic (exact) mass is 165 g/mol. The molecular weight excluding hydrogens is 150 g/mol. The Labute approximate surface area is 73.8 Å². The first kappa shape index (κ1) is 7.62. The smallest absolute Gasteiger partial charge is 0.0582 e. The molecule has 0 aliphatic carbocycles. The van der Waals surface area contributed by atoms with E-state index in [0.717, 1.165) is 18.9 Å². The topological polar surface area (TPSA) is 35.2 Å². The predicted molar refractivity (Wildman–Crippen MR) is 51.1 cm³/mol. The van der Waals surface area contributed by atoms with Gasteiger partial charge in [-0.3, -0.25) is 0 Å². The van der Waals surface area contributed by atoms with Gasteiger partial charge in [0, 0.05) is 12.5 Å². The van der Waals surface area contributed by atoms with Gasteiger partial charge in [0.15, 0.2) is 0 Å². The van der Waals surface area contributed by atoms with Gasteiger partial charge >= 0.3 is 0 Å². The maximum atomic E-state index is 5.60. The van der Waals surface area contributed by atoms with Gasteiger partial charge in [-0.15, -0.1) is 0 Å². The van der Waals surface area contributed by atoms with Crippen LogP contribution in [0.15, 0.2) is 24.3 Å². The van der Waals surface area contributed by atoms with Crippen LogP contribution in [0.3, 0.4) is 0 Å². The Bertz CT molecular complexity index is 279. The van der Waals surface area contributed by atoms with Crippen LogP contribution in [0.2, 0.25) is 0 Å². The summed E-state index contributed by atoms with van der Waals surface area (Å²) in [6, 6.07) is 8.05. The highest BCUT2D eigenvalue weighted by Crippen LogP contribution is 2.31. The summed E-state index contributed by atoms with van der Waals surface area (Å²) >= 11 is 0. The van der Waals surface area contributed by atoms with Gasteiger partial charge in [-0.2, -0.15) is 0 Å². The van der Waals surface area contributed by atoms with Gasteiger partial charge in [0.25, 0.3) is 0 Å². The van der Waals surface area contributed by atoms with E-state index in [4.69, 9.17) is 10.5 Å². The van der Waals surface area contributed by atoms with Gasteiger partial charge in [0.05, 0.1) is 13.2 Å². The first-order valence-electron chi connectivity index (χ1n) is 4.14. The summed E-state index contributed by atoms with van der Waals surface area (Å²) in [6.07, 6.45) is 0. The molecule has 2 nitrogen and oxygen atoms in total. The van der Waals surface area contributed by atoms with E-state index in [1.165, 1.54) is 5.56 Å². The molecule has 1 heterocycles. The van der Waals surface area contributed by atoms with E-state index in [1.54, 1.807) is 0 Å². The number of hydrogen-bond acceptors (Lipinski definition) is 2. The highest BCUT2D eigenvalue weighted by atomic mass is 16.5. The van der Waals surface area contributed by atoms with Crippen molar-refractivity contribution in [3.05, 3.63) is 29.8 Å². The van der Waals surface area contributed by atoms with Crippen molar-refractivity contribution in [2.24, 2.45) is 0 Å². The van der Waals surface area contributed by atoms with Crippen molar-refractivity contribution in [2.75, 3.05) is 18.9 Å². The molecule has 0 radical (unpaired) electrons. The molecule has 1 fully saturated rings. The molecule has 2 heteroatoms. The molecule has 66 valence electrons. The van der Waals surface area contributed by atoms with Crippen LogP contribution in [0.5, 0.6) is 0 Å². The molecule has 1 aromatic carbocycles. The number of ether oxygens (including phenoxy) is 1. The van der Waals surface area contributed by atoms with Crippen molar-refractivity contribution < 1.29 is 6.16 Å². The van der Waals surface area contributed by atoms with Gasteiger partial charge in [-0.05, 0) is 17.7 Å². The number of nitrogens with two attached hydrogens (primary N) is 1. The minimum Gasteiger partial charge on any atom is -0.399 e. The summed E-state index contributed by atoms with van der Waals surface area (Å²) in [6.45, 7) is 3.87. The highest BCUT2D eigenvalue weighted by Gasteiger charge is 2.34. The molecule has 0 bridgehead atoms. The van der Waals surface area contributed by atoms with Crippen molar-refractivity contribution >= 4 is 5.69 Å². The Kier molecular flexibility index (Phi) is 1.58. The third kappa shape index (κ3) is 1.08. The Morgan fingerprint density at radius 2 is 1.92 bits per heavy atom.